The molecule has 0 saturated heterocycles. The topological polar surface area (TPSA) is 72.2 Å². The highest BCUT2D eigenvalue weighted by atomic mass is 32.2. The van der Waals surface area contributed by atoms with E-state index in [9.17, 15) is 8.42 Å². The Balaban J connectivity index is 3.42. The summed E-state index contributed by atoms with van der Waals surface area (Å²) in [5, 5.41) is 7.94. The molecule has 0 aromatic rings. The van der Waals surface area contributed by atoms with Crippen molar-refractivity contribution in [2.75, 3.05) is 23.8 Å². The number of hydrogen-bond donors (Lipinski definition) is 2. The Morgan fingerprint density at radius 1 is 1.54 bits per heavy atom. The summed E-state index contributed by atoms with van der Waals surface area (Å²) < 4.78 is 21.1. The zero-order valence-electron chi connectivity index (χ0n) is 8.12. The average molecular weight is 226 g/mol. The van der Waals surface area contributed by atoms with Crippen LogP contribution in [0.25, 0.3) is 0 Å². The zero-order valence-corrected chi connectivity index (χ0v) is 9.75. The third-order valence-electron chi connectivity index (χ3n) is 1.45. The first-order valence-electron chi connectivity index (χ1n) is 4.27. The molecular weight excluding hydrogens is 208 g/mol. The van der Waals surface area contributed by atoms with E-state index in [1.165, 1.54) is 0 Å². The van der Waals surface area contributed by atoms with Crippen LogP contribution in [-0.2, 0) is 10.0 Å². The summed E-state index contributed by atoms with van der Waals surface area (Å²) in [6, 6.07) is 0.340. The Kier molecular flexibility index (Phi) is 6.75. The predicted octanol–water partition coefficient (Wildman–Crippen LogP) is 0.00610. The lowest BCUT2D eigenvalue weighted by Crippen LogP contribution is -2.34. The molecule has 1 unspecified atom stereocenters. The minimum atomic E-state index is -3.31. The van der Waals surface area contributed by atoms with Gasteiger partial charge in [-0.25, -0.2) is 13.6 Å². The molecule has 0 saturated carbocycles. The van der Waals surface area contributed by atoms with E-state index in [-0.39, 0.29) is 5.75 Å². The van der Waals surface area contributed by atoms with Crippen LogP contribution in [0.3, 0.4) is 0 Å². The molecule has 0 aliphatic heterocycles. The first kappa shape index (κ1) is 13.2. The van der Waals surface area contributed by atoms with Gasteiger partial charge in [-0.3, -0.25) is 0 Å². The monoisotopic (exact) mass is 226 g/mol. The summed E-state index contributed by atoms with van der Waals surface area (Å²) in [4.78, 5) is 0. The zero-order chi connectivity index (χ0) is 10.3. The van der Waals surface area contributed by atoms with Gasteiger partial charge >= 0.3 is 0 Å². The van der Waals surface area contributed by atoms with E-state index in [4.69, 9.17) is 5.14 Å². The number of sulfonamides is 1. The SMILES string of the molecule is CCSCC(C)NCCS(N)(=O)=O. The fourth-order valence-corrected chi connectivity index (χ4v) is 1.91. The van der Waals surface area contributed by atoms with Crippen LogP contribution in [0.4, 0.5) is 0 Å². The Bertz CT molecular complexity index is 217. The van der Waals surface area contributed by atoms with Gasteiger partial charge in [-0.15, -0.1) is 0 Å². The Labute approximate surface area is 84.7 Å². The van der Waals surface area contributed by atoms with Gasteiger partial charge in [0.1, 0.15) is 0 Å². The average Bonchev–Trinajstić information content (AvgIpc) is 1.98. The molecule has 0 aromatic heterocycles. The third kappa shape index (κ3) is 10.1. The molecule has 0 bridgehead atoms. The van der Waals surface area contributed by atoms with Gasteiger partial charge in [0.25, 0.3) is 0 Å². The highest BCUT2D eigenvalue weighted by Gasteiger charge is 2.04. The maximum Gasteiger partial charge on any atom is 0.210 e. The Hall–Kier alpha value is 0.220. The van der Waals surface area contributed by atoms with Gasteiger partial charge in [0.05, 0.1) is 5.75 Å². The Morgan fingerprint density at radius 3 is 2.62 bits per heavy atom. The summed E-state index contributed by atoms with van der Waals surface area (Å²) in [6.07, 6.45) is 0. The van der Waals surface area contributed by atoms with Crippen molar-refractivity contribution in [2.24, 2.45) is 5.14 Å². The maximum atomic E-state index is 10.6. The lowest BCUT2D eigenvalue weighted by atomic mass is 10.4. The number of nitrogens with two attached hydrogens (primary N) is 1. The van der Waals surface area contributed by atoms with Crippen molar-refractivity contribution >= 4 is 21.8 Å². The first-order chi connectivity index (χ1) is 5.95. The predicted molar refractivity (Wildman–Crippen MR) is 58.4 cm³/mol. The minimum Gasteiger partial charge on any atom is -0.312 e. The van der Waals surface area contributed by atoms with Crippen molar-refractivity contribution in [3.63, 3.8) is 0 Å². The number of primary sulfonamides is 1. The second-order valence-corrected chi connectivity index (χ2v) is 5.93. The van der Waals surface area contributed by atoms with Crippen molar-refractivity contribution in [2.45, 2.75) is 19.9 Å². The molecular formula is C7H18N2O2S2. The molecule has 80 valence electrons. The molecule has 0 aliphatic rings. The normalized spacial score (nSPS) is 14.4. The van der Waals surface area contributed by atoms with Crippen LogP contribution in [0.15, 0.2) is 0 Å². The maximum absolute atomic E-state index is 10.6. The van der Waals surface area contributed by atoms with Gasteiger partial charge in [-0.2, -0.15) is 11.8 Å². The first-order valence-corrected chi connectivity index (χ1v) is 7.14. The molecule has 0 heterocycles. The van der Waals surface area contributed by atoms with Gasteiger partial charge < -0.3 is 5.32 Å². The smallest absolute Gasteiger partial charge is 0.210 e. The van der Waals surface area contributed by atoms with Crippen LogP contribution >= 0.6 is 11.8 Å². The molecule has 3 N–H and O–H groups in total. The summed E-state index contributed by atoms with van der Waals surface area (Å²) in [5.74, 6) is 2.09. The molecule has 4 nitrogen and oxygen atoms in total. The summed E-state index contributed by atoms with van der Waals surface area (Å²) >= 11 is 1.83. The molecule has 0 radical (unpaired) electrons. The van der Waals surface area contributed by atoms with E-state index in [0.717, 1.165) is 11.5 Å². The van der Waals surface area contributed by atoms with Crippen LogP contribution in [0.1, 0.15) is 13.8 Å². The number of hydrogen-bond acceptors (Lipinski definition) is 4. The lowest BCUT2D eigenvalue weighted by Gasteiger charge is -2.11. The summed E-state index contributed by atoms with van der Waals surface area (Å²) in [5.41, 5.74) is 0. The lowest BCUT2D eigenvalue weighted by molar-refractivity contribution is 0.581. The van der Waals surface area contributed by atoms with Crippen molar-refractivity contribution < 1.29 is 8.42 Å². The highest BCUT2D eigenvalue weighted by molar-refractivity contribution is 7.99. The van der Waals surface area contributed by atoms with E-state index >= 15 is 0 Å². The fraction of sp³-hybridized carbons (Fsp3) is 1.00. The molecule has 13 heavy (non-hydrogen) atoms. The minimum absolute atomic E-state index is 0.00807. The van der Waals surface area contributed by atoms with Gasteiger partial charge in [0.2, 0.25) is 10.0 Å². The van der Waals surface area contributed by atoms with Crippen molar-refractivity contribution in [1.82, 2.24) is 5.32 Å². The summed E-state index contributed by atoms with van der Waals surface area (Å²) in [6.45, 7) is 4.57. The molecule has 1 atom stereocenters. The van der Waals surface area contributed by atoms with Crippen molar-refractivity contribution in [3.05, 3.63) is 0 Å². The van der Waals surface area contributed by atoms with Crippen molar-refractivity contribution in [3.8, 4) is 0 Å². The molecule has 6 heteroatoms. The fourth-order valence-electron chi connectivity index (χ4n) is 0.801. The second kappa shape index (κ2) is 6.64. The highest BCUT2D eigenvalue weighted by Crippen LogP contribution is 2.00. The number of rotatable bonds is 7. The quantitative estimate of drug-likeness (QED) is 0.641. The van der Waals surface area contributed by atoms with Gasteiger partial charge in [-0.05, 0) is 12.7 Å². The molecule has 0 aliphatic carbocycles. The van der Waals surface area contributed by atoms with Gasteiger partial charge in [0.15, 0.2) is 0 Å². The Morgan fingerprint density at radius 2 is 2.15 bits per heavy atom. The second-order valence-electron chi connectivity index (χ2n) is 2.88. The van der Waals surface area contributed by atoms with Gasteiger partial charge in [-0.1, -0.05) is 6.92 Å². The molecule has 0 rings (SSSR count). The van der Waals surface area contributed by atoms with E-state index in [0.29, 0.717) is 12.6 Å². The van der Waals surface area contributed by atoms with Crippen LogP contribution in [0.2, 0.25) is 0 Å². The molecule has 0 aromatic carbocycles. The van der Waals surface area contributed by atoms with Crippen LogP contribution in [0.5, 0.6) is 0 Å². The van der Waals surface area contributed by atoms with Crippen LogP contribution < -0.4 is 10.5 Å². The van der Waals surface area contributed by atoms with Crippen molar-refractivity contribution in [1.29, 1.82) is 0 Å². The van der Waals surface area contributed by atoms with Gasteiger partial charge in [0, 0.05) is 18.3 Å². The number of nitrogens with one attached hydrogen (secondary N) is 1. The third-order valence-corrected chi connectivity index (χ3v) is 3.37. The van der Waals surface area contributed by atoms with E-state index < -0.39 is 10.0 Å². The molecule has 0 amide bonds. The molecule has 0 spiro atoms. The summed E-state index contributed by atoms with van der Waals surface area (Å²) in [7, 11) is -3.31. The van der Waals surface area contributed by atoms with E-state index in [1.807, 2.05) is 18.7 Å². The standard InChI is InChI=1S/C7H18N2O2S2/c1-3-12-6-7(2)9-4-5-13(8,10)11/h7,9H,3-6H2,1-2H3,(H2,8,10,11). The molecule has 0 fully saturated rings. The number of thioether (sulfide) groups is 1. The van der Waals surface area contributed by atoms with Crippen LogP contribution in [-0.4, -0.2) is 38.3 Å². The van der Waals surface area contributed by atoms with Crippen LogP contribution in [0, 0.1) is 0 Å². The van der Waals surface area contributed by atoms with E-state index in [2.05, 4.69) is 12.2 Å². The van der Waals surface area contributed by atoms with E-state index in [1.54, 1.807) is 0 Å². The largest absolute Gasteiger partial charge is 0.312 e.